The second kappa shape index (κ2) is 5.56. The van der Waals surface area contributed by atoms with Crippen LogP contribution in [-0.4, -0.2) is 17.0 Å². The number of nitrogens with one attached hydrogen (secondary N) is 1. The fourth-order valence-electron chi connectivity index (χ4n) is 3.47. The second-order valence-electron chi connectivity index (χ2n) is 6.02. The Hall–Kier alpha value is -2.59. The number of rotatable bonds is 3. The van der Waals surface area contributed by atoms with E-state index < -0.39 is 0 Å². The topological polar surface area (TPSA) is 60.1 Å². The summed E-state index contributed by atoms with van der Waals surface area (Å²) in [4.78, 5) is 11.2. The Balaban J connectivity index is 1.78. The number of benzene rings is 2. The first kappa shape index (κ1) is 14.0. The maximum atomic E-state index is 11.2. The SMILES string of the molecule is NC(=O)c1ccc(Cn2c3c(c4ccccc42)CCNC3)cc1. The Bertz CT molecular complexity index is 878. The third-order valence-electron chi connectivity index (χ3n) is 4.62. The summed E-state index contributed by atoms with van der Waals surface area (Å²) < 4.78 is 2.39. The molecule has 4 nitrogen and oxygen atoms in total. The Morgan fingerprint density at radius 3 is 2.70 bits per heavy atom. The number of fused-ring (bicyclic) bond motifs is 3. The molecule has 1 aliphatic rings. The van der Waals surface area contributed by atoms with Crippen LogP contribution in [0.3, 0.4) is 0 Å². The van der Waals surface area contributed by atoms with E-state index in [0.717, 1.165) is 26.1 Å². The monoisotopic (exact) mass is 305 g/mol. The minimum absolute atomic E-state index is 0.385. The molecule has 1 aliphatic heterocycles. The summed E-state index contributed by atoms with van der Waals surface area (Å²) in [7, 11) is 0. The molecule has 3 aromatic rings. The lowest BCUT2D eigenvalue weighted by molar-refractivity contribution is 0.100. The fraction of sp³-hybridized carbons (Fsp3) is 0.211. The molecule has 1 aromatic heterocycles. The number of amides is 1. The van der Waals surface area contributed by atoms with Crippen LogP contribution in [-0.2, 0) is 19.5 Å². The summed E-state index contributed by atoms with van der Waals surface area (Å²) in [5.41, 5.74) is 11.1. The zero-order valence-corrected chi connectivity index (χ0v) is 12.9. The zero-order valence-electron chi connectivity index (χ0n) is 12.9. The number of aromatic nitrogens is 1. The van der Waals surface area contributed by atoms with Gasteiger partial charge in [-0.3, -0.25) is 4.79 Å². The van der Waals surface area contributed by atoms with Crippen molar-refractivity contribution >= 4 is 16.8 Å². The van der Waals surface area contributed by atoms with Gasteiger partial charge in [0, 0.05) is 35.2 Å². The van der Waals surface area contributed by atoms with Gasteiger partial charge in [-0.25, -0.2) is 0 Å². The van der Waals surface area contributed by atoms with E-state index in [1.807, 2.05) is 12.1 Å². The summed E-state index contributed by atoms with van der Waals surface area (Å²) in [5, 5.41) is 4.83. The predicted molar refractivity (Wildman–Crippen MR) is 91.4 cm³/mol. The number of primary amides is 1. The number of carbonyl (C=O) groups excluding carboxylic acids is 1. The molecule has 2 heterocycles. The lowest BCUT2D eigenvalue weighted by Crippen LogP contribution is -2.25. The lowest BCUT2D eigenvalue weighted by atomic mass is 10.0. The highest BCUT2D eigenvalue weighted by molar-refractivity contribution is 5.92. The van der Waals surface area contributed by atoms with Crippen molar-refractivity contribution in [1.29, 1.82) is 0 Å². The number of nitrogens with zero attached hydrogens (tertiary/aromatic N) is 1. The molecule has 3 N–H and O–H groups in total. The minimum Gasteiger partial charge on any atom is -0.366 e. The van der Waals surface area contributed by atoms with Crippen LogP contribution in [0.25, 0.3) is 10.9 Å². The van der Waals surface area contributed by atoms with Gasteiger partial charge in [0.2, 0.25) is 5.91 Å². The molecule has 0 radical (unpaired) electrons. The fourth-order valence-corrected chi connectivity index (χ4v) is 3.47. The van der Waals surface area contributed by atoms with Crippen molar-refractivity contribution in [2.24, 2.45) is 5.73 Å². The zero-order chi connectivity index (χ0) is 15.8. The van der Waals surface area contributed by atoms with Crippen molar-refractivity contribution in [3.63, 3.8) is 0 Å². The number of carbonyl (C=O) groups is 1. The molecule has 0 unspecified atom stereocenters. The molecule has 0 spiro atoms. The van der Waals surface area contributed by atoms with Gasteiger partial charge in [0.1, 0.15) is 0 Å². The van der Waals surface area contributed by atoms with Gasteiger partial charge in [0.05, 0.1) is 0 Å². The van der Waals surface area contributed by atoms with Crippen LogP contribution in [0.5, 0.6) is 0 Å². The van der Waals surface area contributed by atoms with Gasteiger partial charge in [-0.15, -0.1) is 0 Å². The molecule has 0 saturated heterocycles. The van der Waals surface area contributed by atoms with E-state index in [4.69, 9.17) is 5.73 Å². The Labute approximate surface area is 134 Å². The maximum Gasteiger partial charge on any atom is 0.248 e. The van der Waals surface area contributed by atoms with E-state index in [-0.39, 0.29) is 5.91 Å². The normalized spacial score (nSPS) is 13.9. The number of nitrogens with two attached hydrogens (primary N) is 1. The molecule has 0 atom stereocenters. The molecule has 0 aliphatic carbocycles. The number of hydrogen-bond donors (Lipinski definition) is 2. The van der Waals surface area contributed by atoms with Gasteiger partial charge < -0.3 is 15.6 Å². The summed E-state index contributed by atoms with van der Waals surface area (Å²) in [6.07, 6.45) is 1.07. The van der Waals surface area contributed by atoms with Crippen LogP contribution in [0, 0.1) is 0 Å². The van der Waals surface area contributed by atoms with Gasteiger partial charge in [0.15, 0.2) is 0 Å². The van der Waals surface area contributed by atoms with Crippen molar-refractivity contribution in [3.8, 4) is 0 Å². The maximum absolute atomic E-state index is 11.2. The van der Waals surface area contributed by atoms with E-state index in [0.29, 0.717) is 5.56 Å². The molecule has 1 amide bonds. The van der Waals surface area contributed by atoms with E-state index >= 15 is 0 Å². The average molecular weight is 305 g/mol. The molecule has 2 aromatic carbocycles. The van der Waals surface area contributed by atoms with E-state index in [2.05, 4.69) is 34.1 Å². The van der Waals surface area contributed by atoms with Gasteiger partial charge >= 0.3 is 0 Å². The van der Waals surface area contributed by atoms with Gasteiger partial charge in [-0.05, 0) is 42.3 Å². The van der Waals surface area contributed by atoms with Gasteiger partial charge in [-0.1, -0.05) is 30.3 Å². The molecule has 23 heavy (non-hydrogen) atoms. The van der Waals surface area contributed by atoms with Crippen LogP contribution < -0.4 is 11.1 Å². The average Bonchev–Trinajstić information content (AvgIpc) is 2.90. The highest BCUT2D eigenvalue weighted by Gasteiger charge is 2.19. The molecule has 4 heteroatoms. The van der Waals surface area contributed by atoms with E-state index in [1.54, 1.807) is 12.1 Å². The molecule has 116 valence electrons. The third kappa shape index (κ3) is 2.41. The molecule has 0 saturated carbocycles. The minimum atomic E-state index is -0.385. The summed E-state index contributed by atoms with van der Waals surface area (Å²) >= 11 is 0. The van der Waals surface area contributed by atoms with Crippen LogP contribution in [0.1, 0.15) is 27.2 Å². The van der Waals surface area contributed by atoms with E-state index in [9.17, 15) is 4.79 Å². The smallest absolute Gasteiger partial charge is 0.248 e. The van der Waals surface area contributed by atoms with Crippen molar-refractivity contribution in [3.05, 3.63) is 70.9 Å². The van der Waals surface area contributed by atoms with Crippen LogP contribution in [0.15, 0.2) is 48.5 Å². The summed E-state index contributed by atoms with van der Waals surface area (Å²) in [6.45, 7) is 2.74. The van der Waals surface area contributed by atoms with Crippen LogP contribution in [0.4, 0.5) is 0 Å². The van der Waals surface area contributed by atoms with Crippen molar-refractivity contribution in [2.45, 2.75) is 19.5 Å². The largest absolute Gasteiger partial charge is 0.366 e. The first-order valence-electron chi connectivity index (χ1n) is 7.92. The van der Waals surface area contributed by atoms with E-state index in [1.165, 1.54) is 27.7 Å². The number of para-hydroxylation sites is 1. The molecule has 4 rings (SSSR count). The van der Waals surface area contributed by atoms with Gasteiger partial charge in [0.25, 0.3) is 0 Å². The standard InChI is InChI=1S/C19H19N3O/c20-19(23)14-7-5-13(6-8-14)12-22-17-4-2-1-3-15(17)16-9-10-21-11-18(16)22/h1-8,21H,9-12H2,(H2,20,23). The van der Waals surface area contributed by atoms with Crippen molar-refractivity contribution < 1.29 is 4.79 Å². The molecular formula is C19H19N3O. The lowest BCUT2D eigenvalue weighted by Gasteiger charge is -2.17. The predicted octanol–water partition coefficient (Wildman–Crippen LogP) is 2.43. The highest BCUT2D eigenvalue weighted by Crippen LogP contribution is 2.29. The van der Waals surface area contributed by atoms with Crippen LogP contribution in [0.2, 0.25) is 0 Å². The van der Waals surface area contributed by atoms with Gasteiger partial charge in [-0.2, -0.15) is 0 Å². The highest BCUT2D eigenvalue weighted by atomic mass is 16.1. The quantitative estimate of drug-likeness (QED) is 0.781. The Morgan fingerprint density at radius 1 is 1.13 bits per heavy atom. The summed E-state index contributed by atoms with van der Waals surface area (Å²) in [5.74, 6) is -0.385. The Kier molecular flexibility index (Phi) is 3.39. The third-order valence-corrected chi connectivity index (χ3v) is 4.62. The molecular weight excluding hydrogens is 286 g/mol. The first-order valence-corrected chi connectivity index (χ1v) is 7.92. The first-order chi connectivity index (χ1) is 11.2. The molecule has 0 fully saturated rings. The summed E-state index contributed by atoms with van der Waals surface area (Å²) in [6, 6.07) is 16.2. The molecule has 0 bridgehead atoms. The Morgan fingerprint density at radius 2 is 1.91 bits per heavy atom. The van der Waals surface area contributed by atoms with Crippen molar-refractivity contribution in [2.75, 3.05) is 6.54 Å². The second-order valence-corrected chi connectivity index (χ2v) is 6.02. The van der Waals surface area contributed by atoms with Crippen LogP contribution >= 0.6 is 0 Å². The number of hydrogen-bond acceptors (Lipinski definition) is 2. The van der Waals surface area contributed by atoms with Crippen molar-refractivity contribution in [1.82, 2.24) is 9.88 Å².